The molecule has 0 saturated heterocycles. The molecule has 64 valence electrons. The van der Waals surface area contributed by atoms with E-state index in [-0.39, 0.29) is 5.41 Å². The first-order valence-corrected chi connectivity index (χ1v) is 4.26. The van der Waals surface area contributed by atoms with Crippen molar-refractivity contribution < 1.29 is 0 Å². The predicted octanol–water partition coefficient (Wildman–Crippen LogP) is 1.92. The first-order chi connectivity index (χ1) is 5.49. The van der Waals surface area contributed by atoms with Crippen molar-refractivity contribution in [3.63, 3.8) is 0 Å². The molecule has 0 fully saturated rings. The molecule has 12 heavy (non-hydrogen) atoms. The van der Waals surface area contributed by atoms with Gasteiger partial charge in [-0.2, -0.15) is 0 Å². The molecule has 0 heteroatoms. The molecule has 0 aromatic heterocycles. The second-order valence-electron chi connectivity index (χ2n) is 4.21. The Labute approximate surface area is 74.2 Å². The Hall–Kier alpha value is -1.04. The monoisotopic (exact) mass is 160 g/mol. The summed E-state index contributed by atoms with van der Waals surface area (Å²) in [7, 11) is 0. The smallest absolute Gasteiger partial charge is 0.0194 e. The maximum absolute atomic E-state index is 3.97. The second-order valence-corrected chi connectivity index (χ2v) is 4.21. The van der Waals surface area contributed by atoms with Crippen molar-refractivity contribution in [1.29, 1.82) is 0 Å². The van der Waals surface area contributed by atoms with Crippen molar-refractivity contribution in [2.45, 2.75) is 20.8 Å². The highest BCUT2D eigenvalue weighted by atomic mass is 14.1. The van der Waals surface area contributed by atoms with Gasteiger partial charge in [-0.1, -0.05) is 57.7 Å². The topological polar surface area (TPSA) is 0 Å². The molecular weight excluding hydrogens is 144 g/mol. The van der Waals surface area contributed by atoms with Gasteiger partial charge in [0.15, 0.2) is 0 Å². The minimum absolute atomic E-state index is 0.230. The van der Waals surface area contributed by atoms with E-state index < -0.39 is 0 Å². The molecule has 0 N–H and O–H groups in total. The average molecular weight is 160 g/mol. The highest BCUT2D eigenvalue weighted by Crippen LogP contribution is 2.13. The van der Waals surface area contributed by atoms with Crippen molar-refractivity contribution in [2.24, 2.45) is 5.41 Å². The van der Waals surface area contributed by atoms with Crippen molar-refractivity contribution in [3.8, 4) is 0 Å². The lowest BCUT2D eigenvalue weighted by molar-refractivity contribution is 0.584. The fourth-order valence-electron chi connectivity index (χ4n) is 1.14. The molecule has 0 saturated carbocycles. The van der Waals surface area contributed by atoms with E-state index in [0.717, 1.165) is 5.22 Å². The van der Waals surface area contributed by atoms with Crippen LogP contribution < -0.4 is 10.4 Å². The quantitative estimate of drug-likeness (QED) is 0.544. The number of hydrogen-bond acceptors (Lipinski definition) is 0. The zero-order valence-corrected chi connectivity index (χ0v) is 8.09. The molecule has 0 atom stereocenters. The minimum atomic E-state index is 0.230. The van der Waals surface area contributed by atoms with Crippen LogP contribution in [0.1, 0.15) is 20.8 Å². The lowest BCUT2D eigenvalue weighted by Crippen LogP contribution is -2.24. The molecule has 1 aromatic rings. The number of benzene rings is 1. The molecule has 1 aromatic carbocycles. The van der Waals surface area contributed by atoms with Crippen LogP contribution in [-0.4, -0.2) is 0 Å². The number of rotatable bonds is 0. The van der Waals surface area contributed by atoms with Crippen molar-refractivity contribution >= 4 is 12.7 Å². The normalized spacial score (nSPS) is 13.4. The van der Waals surface area contributed by atoms with Gasteiger partial charge in [0.2, 0.25) is 0 Å². The summed E-state index contributed by atoms with van der Waals surface area (Å²) in [5, 5.41) is 2.34. The Morgan fingerprint density at radius 2 is 1.75 bits per heavy atom. The summed E-state index contributed by atoms with van der Waals surface area (Å²) >= 11 is 0. The Morgan fingerprint density at radius 1 is 1.17 bits per heavy atom. The first-order valence-electron chi connectivity index (χ1n) is 4.26. The van der Waals surface area contributed by atoms with Crippen LogP contribution in [-0.2, 0) is 0 Å². The standard InChI is InChI=1S/C12H16/c1-10-7-5-6-8-11(10)9-12(2,3)4/h5-9H,1H2,2-4H3. The fourth-order valence-corrected chi connectivity index (χ4v) is 1.14. The highest BCUT2D eigenvalue weighted by Gasteiger charge is 2.03. The summed E-state index contributed by atoms with van der Waals surface area (Å²) in [5.41, 5.74) is 0.230. The van der Waals surface area contributed by atoms with E-state index in [1.165, 1.54) is 5.22 Å². The minimum Gasteiger partial charge on any atom is -0.0912 e. The Kier molecular flexibility index (Phi) is 2.37. The zero-order chi connectivity index (χ0) is 9.19. The van der Waals surface area contributed by atoms with E-state index in [1.54, 1.807) is 0 Å². The van der Waals surface area contributed by atoms with Gasteiger partial charge in [-0.25, -0.2) is 0 Å². The maximum Gasteiger partial charge on any atom is -0.0194 e. The van der Waals surface area contributed by atoms with Crippen LogP contribution in [0, 0.1) is 5.41 Å². The molecule has 0 heterocycles. The fraction of sp³-hybridized carbons (Fsp3) is 0.333. The third kappa shape index (κ3) is 2.54. The predicted molar refractivity (Wildman–Crippen MR) is 55.1 cm³/mol. The number of hydrogen-bond donors (Lipinski definition) is 0. The van der Waals surface area contributed by atoms with Crippen LogP contribution in [0.5, 0.6) is 0 Å². The maximum atomic E-state index is 3.97. The Morgan fingerprint density at radius 3 is 2.25 bits per heavy atom. The zero-order valence-electron chi connectivity index (χ0n) is 8.09. The molecule has 0 amide bonds. The van der Waals surface area contributed by atoms with Gasteiger partial charge < -0.3 is 0 Å². The van der Waals surface area contributed by atoms with E-state index in [0.29, 0.717) is 0 Å². The van der Waals surface area contributed by atoms with E-state index in [9.17, 15) is 0 Å². The van der Waals surface area contributed by atoms with Gasteiger partial charge in [-0.3, -0.25) is 0 Å². The van der Waals surface area contributed by atoms with Crippen LogP contribution in [0.2, 0.25) is 0 Å². The molecule has 0 bridgehead atoms. The summed E-state index contributed by atoms with van der Waals surface area (Å²) in [5.74, 6) is 0. The lowest BCUT2D eigenvalue weighted by atomic mass is 9.95. The lowest BCUT2D eigenvalue weighted by Gasteiger charge is -2.10. The Balaban J connectivity index is 3.29. The van der Waals surface area contributed by atoms with Crippen molar-refractivity contribution in [3.05, 3.63) is 34.7 Å². The first kappa shape index (κ1) is 9.05. The molecule has 0 aliphatic rings. The van der Waals surface area contributed by atoms with Crippen LogP contribution in [0.25, 0.3) is 12.7 Å². The molecule has 0 nitrogen and oxygen atoms in total. The second kappa shape index (κ2) is 3.14. The summed E-state index contributed by atoms with van der Waals surface area (Å²) in [6.45, 7) is 10.6. The molecular formula is C12H16. The summed E-state index contributed by atoms with van der Waals surface area (Å²) < 4.78 is 0. The average Bonchev–Trinajstić information content (AvgIpc) is 1.91. The van der Waals surface area contributed by atoms with Gasteiger partial charge in [0.05, 0.1) is 0 Å². The van der Waals surface area contributed by atoms with Gasteiger partial charge in [-0.05, 0) is 15.9 Å². The van der Waals surface area contributed by atoms with E-state index >= 15 is 0 Å². The van der Waals surface area contributed by atoms with Gasteiger partial charge in [0.25, 0.3) is 0 Å². The largest absolute Gasteiger partial charge is 0.0912 e. The van der Waals surface area contributed by atoms with Gasteiger partial charge in [-0.15, -0.1) is 0 Å². The molecule has 0 radical (unpaired) electrons. The van der Waals surface area contributed by atoms with Gasteiger partial charge >= 0.3 is 0 Å². The Bertz CT molecular complexity index is 352. The van der Waals surface area contributed by atoms with Crippen LogP contribution in [0.3, 0.4) is 0 Å². The summed E-state index contributed by atoms with van der Waals surface area (Å²) in [4.78, 5) is 0. The van der Waals surface area contributed by atoms with E-state index in [4.69, 9.17) is 0 Å². The molecule has 0 aliphatic heterocycles. The third-order valence-corrected chi connectivity index (χ3v) is 1.64. The SMILES string of the molecule is C=c1ccccc1=CC(C)(C)C. The van der Waals surface area contributed by atoms with Crippen LogP contribution in [0.4, 0.5) is 0 Å². The highest BCUT2D eigenvalue weighted by molar-refractivity contribution is 5.31. The van der Waals surface area contributed by atoms with Crippen molar-refractivity contribution in [1.82, 2.24) is 0 Å². The van der Waals surface area contributed by atoms with Gasteiger partial charge in [0.1, 0.15) is 0 Å². The van der Waals surface area contributed by atoms with Crippen LogP contribution in [0.15, 0.2) is 24.3 Å². The molecule has 0 spiro atoms. The van der Waals surface area contributed by atoms with E-state index in [1.807, 2.05) is 18.2 Å². The van der Waals surface area contributed by atoms with Crippen LogP contribution >= 0.6 is 0 Å². The molecule has 1 rings (SSSR count). The summed E-state index contributed by atoms with van der Waals surface area (Å²) in [6.07, 6.45) is 2.25. The van der Waals surface area contributed by atoms with Crippen molar-refractivity contribution in [2.75, 3.05) is 0 Å². The third-order valence-electron chi connectivity index (χ3n) is 1.64. The van der Waals surface area contributed by atoms with E-state index in [2.05, 4.69) is 39.5 Å². The summed E-state index contributed by atoms with van der Waals surface area (Å²) in [6, 6.07) is 8.21. The van der Waals surface area contributed by atoms with Gasteiger partial charge in [0, 0.05) is 0 Å². The molecule has 0 unspecified atom stereocenters. The molecule has 0 aliphatic carbocycles.